The van der Waals surface area contributed by atoms with Gasteiger partial charge in [0.2, 0.25) is 0 Å². The predicted octanol–water partition coefficient (Wildman–Crippen LogP) is 5.52. The Bertz CT molecular complexity index is 1040. The molecule has 0 heterocycles. The smallest absolute Gasteiger partial charge is 0.190 e. The lowest BCUT2D eigenvalue weighted by atomic mass is 9.74. The maximum atomic E-state index is 13.0. The fourth-order valence-electron chi connectivity index (χ4n) is 3.63. The topological polar surface area (TPSA) is 34.1 Å². The Hall–Kier alpha value is -3.00. The van der Waals surface area contributed by atoms with Crippen molar-refractivity contribution in [3.8, 4) is 0 Å². The number of hydrogen-bond acceptors (Lipinski definition) is 2. The molecule has 2 aliphatic rings. The zero-order valence-corrected chi connectivity index (χ0v) is 15.2. The van der Waals surface area contributed by atoms with E-state index in [1.165, 1.54) is 0 Å². The molecular formula is C24H20O2. The Morgan fingerprint density at radius 3 is 1.81 bits per heavy atom. The van der Waals surface area contributed by atoms with Crippen LogP contribution in [0.4, 0.5) is 0 Å². The molecule has 2 aromatic rings. The van der Waals surface area contributed by atoms with Crippen molar-refractivity contribution in [2.75, 3.05) is 0 Å². The van der Waals surface area contributed by atoms with Gasteiger partial charge < -0.3 is 0 Å². The van der Waals surface area contributed by atoms with E-state index in [4.69, 9.17) is 0 Å². The van der Waals surface area contributed by atoms with E-state index >= 15 is 0 Å². The van der Waals surface area contributed by atoms with E-state index in [2.05, 4.69) is 20.8 Å². The summed E-state index contributed by atoms with van der Waals surface area (Å²) in [7, 11) is 0. The SMILES string of the molecule is CC(C)(C)C1=C/C(=C2\C=CC(=O)c3ccccc32)c2ccccc2C1=O. The number of ketones is 2. The van der Waals surface area contributed by atoms with Crippen LogP contribution in [0.1, 0.15) is 52.6 Å². The highest BCUT2D eigenvalue weighted by Crippen LogP contribution is 2.42. The lowest BCUT2D eigenvalue weighted by molar-refractivity contribution is 0.101. The summed E-state index contributed by atoms with van der Waals surface area (Å²) in [5, 5.41) is 0. The molecule has 2 aliphatic carbocycles. The van der Waals surface area contributed by atoms with Crippen molar-refractivity contribution in [1.29, 1.82) is 0 Å². The molecule has 0 N–H and O–H groups in total. The van der Waals surface area contributed by atoms with Crippen LogP contribution >= 0.6 is 0 Å². The lowest BCUT2D eigenvalue weighted by Gasteiger charge is -2.29. The van der Waals surface area contributed by atoms with Crippen molar-refractivity contribution >= 4 is 22.7 Å². The molecule has 0 fully saturated rings. The van der Waals surface area contributed by atoms with Gasteiger partial charge in [0.1, 0.15) is 0 Å². The van der Waals surface area contributed by atoms with Gasteiger partial charge in [-0.2, -0.15) is 0 Å². The molecule has 2 heteroatoms. The number of carbonyl (C=O) groups is 2. The van der Waals surface area contributed by atoms with Crippen molar-refractivity contribution in [2.24, 2.45) is 5.41 Å². The normalized spacial score (nSPS) is 19.1. The first kappa shape index (κ1) is 16.5. The van der Waals surface area contributed by atoms with Crippen molar-refractivity contribution in [1.82, 2.24) is 0 Å². The third kappa shape index (κ3) is 2.50. The second-order valence-electron chi connectivity index (χ2n) is 7.75. The van der Waals surface area contributed by atoms with Gasteiger partial charge in [-0.25, -0.2) is 0 Å². The number of carbonyl (C=O) groups excluding carboxylic acids is 2. The molecular weight excluding hydrogens is 320 g/mol. The fourth-order valence-corrected chi connectivity index (χ4v) is 3.63. The zero-order chi connectivity index (χ0) is 18.5. The van der Waals surface area contributed by atoms with Gasteiger partial charge in [0.05, 0.1) is 0 Å². The largest absolute Gasteiger partial charge is 0.289 e. The monoisotopic (exact) mass is 340 g/mol. The highest BCUT2D eigenvalue weighted by molar-refractivity contribution is 6.22. The summed E-state index contributed by atoms with van der Waals surface area (Å²) in [6.07, 6.45) is 5.51. The van der Waals surface area contributed by atoms with Crippen LogP contribution in [0.5, 0.6) is 0 Å². The number of hydrogen-bond donors (Lipinski definition) is 0. The molecule has 2 aromatic carbocycles. The fraction of sp³-hybridized carbons (Fsp3) is 0.167. The zero-order valence-electron chi connectivity index (χ0n) is 15.2. The predicted molar refractivity (Wildman–Crippen MR) is 105 cm³/mol. The van der Waals surface area contributed by atoms with Gasteiger partial charge in [-0.1, -0.05) is 69.3 Å². The highest BCUT2D eigenvalue weighted by Gasteiger charge is 2.32. The van der Waals surface area contributed by atoms with Crippen LogP contribution in [0.25, 0.3) is 11.1 Å². The summed E-state index contributed by atoms with van der Waals surface area (Å²) < 4.78 is 0. The maximum Gasteiger partial charge on any atom is 0.190 e. The van der Waals surface area contributed by atoms with Gasteiger partial charge >= 0.3 is 0 Å². The van der Waals surface area contributed by atoms with Crippen LogP contribution in [0.3, 0.4) is 0 Å². The minimum absolute atomic E-state index is 0.0187. The lowest BCUT2D eigenvalue weighted by Crippen LogP contribution is -2.22. The average molecular weight is 340 g/mol. The number of Topliss-reactive ketones (excluding diaryl/α,β-unsaturated/α-hetero) is 1. The van der Waals surface area contributed by atoms with Crippen LogP contribution in [-0.2, 0) is 0 Å². The van der Waals surface area contributed by atoms with Crippen molar-refractivity contribution in [3.63, 3.8) is 0 Å². The minimum Gasteiger partial charge on any atom is -0.289 e. The van der Waals surface area contributed by atoms with E-state index in [0.717, 1.165) is 33.4 Å². The maximum absolute atomic E-state index is 13.0. The summed E-state index contributed by atoms with van der Waals surface area (Å²) in [5.41, 5.74) is 5.80. The molecule has 4 rings (SSSR count). The van der Waals surface area contributed by atoms with Crippen LogP contribution in [-0.4, -0.2) is 11.6 Å². The van der Waals surface area contributed by atoms with Crippen LogP contribution in [0, 0.1) is 5.41 Å². The standard InChI is InChI=1S/C24H20O2/c1-24(2,3)21-14-20(16-9-5-7-11-19(16)23(21)26)17-12-13-22(25)18-10-6-4-8-15(17)18/h4-14H,1-3H3/b20-17-. The molecule has 0 amide bonds. The van der Waals surface area contributed by atoms with E-state index < -0.39 is 0 Å². The van der Waals surface area contributed by atoms with Crippen LogP contribution in [0.2, 0.25) is 0 Å². The molecule has 0 spiro atoms. The number of rotatable bonds is 0. The molecule has 2 nitrogen and oxygen atoms in total. The molecule has 0 bridgehead atoms. The van der Waals surface area contributed by atoms with Crippen molar-refractivity contribution < 1.29 is 9.59 Å². The van der Waals surface area contributed by atoms with E-state index in [1.807, 2.05) is 60.7 Å². The van der Waals surface area contributed by atoms with Gasteiger partial charge in [0.25, 0.3) is 0 Å². The number of allylic oxidation sites excluding steroid dienone is 6. The van der Waals surface area contributed by atoms with Gasteiger partial charge in [-0.15, -0.1) is 0 Å². The van der Waals surface area contributed by atoms with Crippen LogP contribution in [0.15, 0.2) is 72.3 Å². The Kier molecular flexibility index (Phi) is 3.66. The van der Waals surface area contributed by atoms with E-state index in [-0.39, 0.29) is 17.0 Å². The quantitative estimate of drug-likeness (QED) is 0.633. The molecule has 128 valence electrons. The van der Waals surface area contributed by atoms with E-state index in [9.17, 15) is 9.59 Å². The molecule has 0 aromatic heterocycles. The average Bonchev–Trinajstić information content (AvgIpc) is 2.62. The first-order valence-corrected chi connectivity index (χ1v) is 8.80. The Morgan fingerprint density at radius 1 is 0.654 bits per heavy atom. The molecule has 0 aliphatic heterocycles. The number of benzene rings is 2. The number of fused-ring (bicyclic) bond motifs is 2. The Labute approximate surface area is 153 Å². The summed E-state index contributed by atoms with van der Waals surface area (Å²) in [4.78, 5) is 25.3. The third-order valence-electron chi connectivity index (χ3n) is 4.98. The molecule has 0 unspecified atom stereocenters. The molecule has 0 saturated carbocycles. The third-order valence-corrected chi connectivity index (χ3v) is 4.98. The van der Waals surface area contributed by atoms with Gasteiger partial charge in [0.15, 0.2) is 11.6 Å². The summed E-state index contributed by atoms with van der Waals surface area (Å²) in [6, 6.07) is 15.4. The van der Waals surface area contributed by atoms with Gasteiger partial charge in [-0.3, -0.25) is 9.59 Å². The first-order valence-electron chi connectivity index (χ1n) is 8.80. The van der Waals surface area contributed by atoms with Crippen molar-refractivity contribution in [2.45, 2.75) is 20.8 Å². The highest BCUT2D eigenvalue weighted by atomic mass is 16.1. The summed E-state index contributed by atoms with van der Waals surface area (Å²) >= 11 is 0. The van der Waals surface area contributed by atoms with Crippen molar-refractivity contribution in [3.05, 3.63) is 94.6 Å². The van der Waals surface area contributed by atoms with E-state index in [1.54, 1.807) is 6.08 Å². The first-order chi connectivity index (χ1) is 12.4. The molecule has 0 radical (unpaired) electrons. The Morgan fingerprint density at radius 2 is 1.19 bits per heavy atom. The van der Waals surface area contributed by atoms with Gasteiger partial charge in [0, 0.05) is 16.7 Å². The summed E-state index contributed by atoms with van der Waals surface area (Å²) in [5.74, 6) is 0.103. The van der Waals surface area contributed by atoms with Crippen LogP contribution < -0.4 is 0 Å². The summed E-state index contributed by atoms with van der Waals surface area (Å²) in [6.45, 7) is 6.17. The molecule has 26 heavy (non-hydrogen) atoms. The Balaban J connectivity index is 2.08. The minimum atomic E-state index is -0.260. The molecule has 0 saturated heterocycles. The second kappa shape index (κ2) is 5.77. The van der Waals surface area contributed by atoms with Gasteiger partial charge in [-0.05, 0) is 45.9 Å². The second-order valence-corrected chi connectivity index (χ2v) is 7.75. The molecule has 0 atom stereocenters. The van der Waals surface area contributed by atoms with E-state index in [0.29, 0.717) is 5.56 Å².